The van der Waals surface area contributed by atoms with Gasteiger partial charge in [-0.05, 0) is 12.8 Å². The van der Waals surface area contributed by atoms with Gasteiger partial charge in [-0.15, -0.1) is 0 Å². The maximum absolute atomic E-state index is 11.5. The molecule has 1 saturated heterocycles. The van der Waals surface area contributed by atoms with Crippen LogP contribution in [0.3, 0.4) is 0 Å². The molecule has 13 heavy (non-hydrogen) atoms. The Kier molecular flexibility index (Phi) is 2.10. The zero-order valence-electron chi connectivity index (χ0n) is 7.95. The molecule has 3 heteroatoms. The molecule has 1 aliphatic heterocycles. The van der Waals surface area contributed by atoms with Gasteiger partial charge in [-0.2, -0.15) is 0 Å². The molecule has 0 spiro atoms. The smallest absolute Gasteiger partial charge is 0.234 e. The van der Waals surface area contributed by atoms with Crippen LogP contribution in [-0.2, 0) is 9.59 Å². The minimum atomic E-state index is 0.00755. The van der Waals surface area contributed by atoms with E-state index in [-0.39, 0.29) is 23.8 Å². The van der Waals surface area contributed by atoms with Gasteiger partial charge in [0.2, 0.25) is 11.8 Å². The molecule has 0 unspecified atom stereocenters. The average Bonchev–Trinajstić information content (AvgIpc) is 2.17. The summed E-state index contributed by atoms with van der Waals surface area (Å²) < 4.78 is 0. The van der Waals surface area contributed by atoms with Gasteiger partial charge < -0.3 is 0 Å². The minimum Gasteiger partial charge on any atom is -0.278 e. The van der Waals surface area contributed by atoms with Gasteiger partial charge >= 0.3 is 0 Å². The Morgan fingerprint density at radius 3 is 2.85 bits per heavy atom. The number of amides is 2. The Morgan fingerprint density at radius 2 is 2.15 bits per heavy atom. The fraction of sp³-hybridized carbons (Fsp3) is 0.800. The van der Waals surface area contributed by atoms with Gasteiger partial charge in [0.15, 0.2) is 0 Å². The number of nitrogens with zero attached hydrogens (tertiary/aromatic N) is 1. The van der Waals surface area contributed by atoms with Crippen LogP contribution in [0.2, 0.25) is 0 Å². The molecule has 1 aliphatic carbocycles. The first kappa shape index (κ1) is 8.73. The summed E-state index contributed by atoms with van der Waals surface area (Å²) in [6.45, 7) is 1.81. The number of hydrogen-bond donors (Lipinski definition) is 0. The molecule has 0 aromatic carbocycles. The van der Waals surface area contributed by atoms with Crippen molar-refractivity contribution in [2.75, 3.05) is 0 Å². The quantitative estimate of drug-likeness (QED) is 0.572. The predicted octanol–water partition coefficient (Wildman–Crippen LogP) is 1.32. The van der Waals surface area contributed by atoms with Crippen LogP contribution in [0.25, 0.3) is 0 Å². The molecule has 0 radical (unpaired) electrons. The maximum atomic E-state index is 11.5. The zero-order valence-corrected chi connectivity index (χ0v) is 7.95. The second kappa shape index (κ2) is 3.13. The minimum absolute atomic E-state index is 0.00755. The van der Waals surface area contributed by atoms with Crippen molar-refractivity contribution in [3.05, 3.63) is 0 Å². The van der Waals surface area contributed by atoms with Gasteiger partial charge in [0.25, 0.3) is 0 Å². The summed E-state index contributed by atoms with van der Waals surface area (Å²) in [6, 6.07) is 0.258. The molecule has 0 aromatic rings. The van der Waals surface area contributed by atoms with Crippen molar-refractivity contribution in [1.82, 2.24) is 4.90 Å². The summed E-state index contributed by atoms with van der Waals surface area (Å²) in [5.41, 5.74) is 0. The van der Waals surface area contributed by atoms with Crippen LogP contribution in [0.4, 0.5) is 0 Å². The number of hydrogen-bond acceptors (Lipinski definition) is 2. The number of rotatable bonds is 1. The van der Waals surface area contributed by atoms with Crippen molar-refractivity contribution in [2.45, 2.75) is 45.1 Å². The maximum Gasteiger partial charge on any atom is 0.234 e. The van der Waals surface area contributed by atoms with Crippen molar-refractivity contribution < 1.29 is 9.59 Å². The number of carbonyl (C=O) groups is 2. The van der Waals surface area contributed by atoms with Gasteiger partial charge in [0.05, 0.1) is 12.0 Å². The van der Waals surface area contributed by atoms with E-state index in [1.807, 2.05) is 6.92 Å². The Balaban J connectivity index is 2.06. The van der Waals surface area contributed by atoms with E-state index in [1.165, 1.54) is 11.3 Å². The molecular formula is C10H15NO2. The van der Waals surface area contributed by atoms with Crippen molar-refractivity contribution in [3.63, 3.8) is 0 Å². The molecule has 72 valence electrons. The Bertz CT molecular complexity index is 249. The van der Waals surface area contributed by atoms with E-state index in [9.17, 15) is 9.59 Å². The summed E-state index contributed by atoms with van der Waals surface area (Å²) in [7, 11) is 0. The fourth-order valence-electron chi connectivity index (χ4n) is 2.45. The topological polar surface area (TPSA) is 37.4 Å². The highest BCUT2D eigenvalue weighted by molar-refractivity contribution is 6.01. The fourth-order valence-corrected chi connectivity index (χ4v) is 2.45. The third-order valence-corrected chi connectivity index (χ3v) is 3.19. The van der Waals surface area contributed by atoms with Crippen molar-refractivity contribution in [2.24, 2.45) is 5.92 Å². The van der Waals surface area contributed by atoms with Crippen LogP contribution in [0.5, 0.6) is 0 Å². The normalized spacial score (nSPS) is 32.4. The number of carbonyl (C=O) groups excluding carboxylic acids is 2. The lowest BCUT2D eigenvalue weighted by Crippen LogP contribution is -2.63. The number of imide groups is 1. The van der Waals surface area contributed by atoms with E-state index in [0.717, 1.165) is 19.3 Å². The Labute approximate surface area is 78.1 Å². The van der Waals surface area contributed by atoms with Crippen LogP contribution in [0.15, 0.2) is 0 Å². The summed E-state index contributed by atoms with van der Waals surface area (Å²) in [4.78, 5) is 24.4. The van der Waals surface area contributed by atoms with Gasteiger partial charge in [0, 0.05) is 6.42 Å². The summed E-state index contributed by atoms with van der Waals surface area (Å²) in [5, 5.41) is 0. The van der Waals surface area contributed by atoms with E-state index in [1.54, 1.807) is 0 Å². The van der Waals surface area contributed by atoms with Crippen molar-refractivity contribution in [1.29, 1.82) is 0 Å². The first-order chi connectivity index (χ1) is 6.25. The molecule has 1 heterocycles. The van der Waals surface area contributed by atoms with E-state index < -0.39 is 0 Å². The van der Waals surface area contributed by atoms with Gasteiger partial charge in [0.1, 0.15) is 0 Å². The highest BCUT2D eigenvalue weighted by atomic mass is 16.2. The lowest BCUT2D eigenvalue weighted by molar-refractivity contribution is -0.168. The third-order valence-electron chi connectivity index (χ3n) is 3.19. The Hall–Kier alpha value is -0.860. The molecular weight excluding hydrogens is 166 g/mol. The SMILES string of the molecule is CCC(=O)N1C(=O)[C@H]2CCCC[C@H]21. The van der Waals surface area contributed by atoms with Crippen LogP contribution in [0.1, 0.15) is 39.0 Å². The van der Waals surface area contributed by atoms with E-state index in [0.29, 0.717) is 6.42 Å². The highest BCUT2D eigenvalue weighted by Gasteiger charge is 2.50. The number of fused-ring (bicyclic) bond motifs is 1. The average molecular weight is 181 g/mol. The second-order valence-corrected chi connectivity index (χ2v) is 3.91. The van der Waals surface area contributed by atoms with Crippen LogP contribution in [-0.4, -0.2) is 22.8 Å². The van der Waals surface area contributed by atoms with Gasteiger partial charge in [-0.1, -0.05) is 19.8 Å². The monoisotopic (exact) mass is 181 g/mol. The summed E-state index contributed by atoms with van der Waals surface area (Å²) in [5.74, 6) is 0.272. The third kappa shape index (κ3) is 1.18. The van der Waals surface area contributed by atoms with E-state index >= 15 is 0 Å². The lowest BCUT2D eigenvalue weighted by atomic mass is 9.76. The van der Waals surface area contributed by atoms with Crippen molar-refractivity contribution >= 4 is 11.8 Å². The van der Waals surface area contributed by atoms with Gasteiger partial charge in [-0.25, -0.2) is 0 Å². The zero-order chi connectivity index (χ0) is 9.42. The predicted molar refractivity (Wildman–Crippen MR) is 47.9 cm³/mol. The molecule has 2 atom stereocenters. The number of β-lactam (4-membered cyclic amide) rings is 1. The van der Waals surface area contributed by atoms with E-state index in [2.05, 4.69) is 0 Å². The van der Waals surface area contributed by atoms with Crippen molar-refractivity contribution in [3.8, 4) is 0 Å². The second-order valence-electron chi connectivity index (χ2n) is 3.91. The first-order valence-corrected chi connectivity index (χ1v) is 5.11. The molecule has 3 nitrogen and oxygen atoms in total. The molecule has 2 aliphatic rings. The largest absolute Gasteiger partial charge is 0.278 e. The van der Waals surface area contributed by atoms with E-state index in [4.69, 9.17) is 0 Å². The summed E-state index contributed by atoms with van der Waals surface area (Å²) >= 11 is 0. The molecule has 0 bridgehead atoms. The van der Waals surface area contributed by atoms with Crippen LogP contribution >= 0.6 is 0 Å². The lowest BCUT2D eigenvalue weighted by Gasteiger charge is -2.48. The van der Waals surface area contributed by atoms with Crippen LogP contribution < -0.4 is 0 Å². The molecule has 1 saturated carbocycles. The molecule has 2 rings (SSSR count). The Morgan fingerprint density at radius 1 is 1.46 bits per heavy atom. The van der Waals surface area contributed by atoms with Gasteiger partial charge in [-0.3, -0.25) is 14.5 Å². The summed E-state index contributed by atoms with van der Waals surface area (Å²) in [6.07, 6.45) is 4.80. The standard InChI is InChI=1S/C10H15NO2/c1-2-9(12)11-8-6-4-3-5-7(8)10(11)13/h7-8H,2-6H2,1H3/t7-,8+/m0/s1. The van der Waals surface area contributed by atoms with Crippen LogP contribution in [0, 0.1) is 5.92 Å². The number of likely N-dealkylation sites (tertiary alicyclic amines) is 1. The molecule has 2 amide bonds. The molecule has 0 N–H and O–H groups in total. The first-order valence-electron chi connectivity index (χ1n) is 5.11. The molecule has 2 fully saturated rings. The highest BCUT2D eigenvalue weighted by Crippen LogP contribution is 2.38. The molecule has 0 aromatic heterocycles.